The van der Waals surface area contributed by atoms with Gasteiger partial charge in [-0.1, -0.05) is 44.2 Å². The predicted octanol–water partition coefficient (Wildman–Crippen LogP) is 2.32. The number of carboxylic acid groups (broad SMARTS) is 1. The Hall–Kier alpha value is -2.55. The van der Waals surface area contributed by atoms with Gasteiger partial charge in [-0.2, -0.15) is 0 Å². The standard InChI is InChI=1S/C21H28N2O6S/c1-14(2)10-16(12-30-13-18(25)26)22-20(27)19-17(24)8-9-23(19)21(28)29-11-15-6-4-3-5-7-15/h3-7,14,16,19H,8-13H2,1-2H3,(H,22,27)(H,25,26). The van der Waals surface area contributed by atoms with Crippen LogP contribution in [0.4, 0.5) is 4.79 Å². The summed E-state index contributed by atoms with van der Waals surface area (Å²) in [6, 6.07) is 7.64. The molecule has 8 nitrogen and oxygen atoms in total. The van der Waals surface area contributed by atoms with Crippen molar-refractivity contribution in [2.75, 3.05) is 18.1 Å². The van der Waals surface area contributed by atoms with Crippen LogP contribution >= 0.6 is 11.8 Å². The number of ether oxygens (including phenoxy) is 1. The molecule has 1 saturated heterocycles. The van der Waals surface area contributed by atoms with Crippen molar-refractivity contribution in [1.29, 1.82) is 0 Å². The van der Waals surface area contributed by atoms with Crippen LogP contribution in [0.5, 0.6) is 0 Å². The third-order valence-corrected chi connectivity index (χ3v) is 5.64. The van der Waals surface area contributed by atoms with Crippen molar-refractivity contribution in [1.82, 2.24) is 10.2 Å². The molecule has 1 fully saturated rings. The molecule has 0 aliphatic carbocycles. The van der Waals surface area contributed by atoms with E-state index in [-0.39, 0.29) is 43.1 Å². The predicted molar refractivity (Wildman–Crippen MR) is 113 cm³/mol. The maximum absolute atomic E-state index is 12.8. The van der Waals surface area contributed by atoms with E-state index in [1.807, 2.05) is 44.2 Å². The van der Waals surface area contributed by atoms with E-state index in [1.54, 1.807) is 0 Å². The number of thioether (sulfide) groups is 1. The molecule has 9 heteroatoms. The molecule has 2 atom stereocenters. The van der Waals surface area contributed by atoms with Gasteiger partial charge in [0.15, 0.2) is 11.8 Å². The Kier molecular flexibility index (Phi) is 9.16. The van der Waals surface area contributed by atoms with Gasteiger partial charge in [0.2, 0.25) is 0 Å². The van der Waals surface area contributed by atoms with Gasteiger partial charge in [0, 0.05) is 24.8 Å². The van der Waals surface area contributed by atoms with Crippen molar-refractivity contribution < 1.29 is 29.0 Å². The molecule has 0 spiro atoms. The summed E-state index contributed by atoms with van der Waals surface area (Å²) in [6.07, 6.45) is 0.0318. The Bertz CT molecular complexity index is 755. The Morgan fingerprint density at radius 2 is 1.97 bits per heavy atom. The van der Waals surface area contributed by atoms with Gasteiger partial charge in [-0.05, 0) is 17.9 Å². The maximum Gasteiger partial charge on any atom is 0.411 e. The quantitative estimate of drug-likeness (QED) is 0.541. The normalized spacial score (nSPS) is 17.1. The van der Waals surface area contributed by atoms with Crippen LogP contribution in [0.25, 0.3) is 0 Å². The van der Waals surface area contributed by atoms with Crippen molar-refractivity contribution >= 4 is 35.5 Å². The smallest absolute Gasteiger partial charge is 0.411 e. The molecule has 2 N–H and O–H groups in total. The molecule has 164 valence electrons. The Morgan fingerprint density at radius 3 is 2.60 bits per heavy atom. The van der Waals surface area contributed by atoms with Gasteiger partial charge >= 0.3 is 12.1 Å². The molecule has 2 rings (SSSR count). The minimum atomic E-state index is -1.22. The van der Waals surface area contributed by atoms with Crippen LogP contribution in [-0.2, 0) is 25.7 Å². The van der Waals surface area contributed by atoms with Gasteiger partial charge in [-0.3, -0.25) is 19.3 Å². The van der Waals surface area contributed by atoms with E-state index in [2.05, 4.69) is 5.32 Å². The Balaban J connectivity index is 1.98. The number of benzene rings is 1. The number of carbonyl (C=O) groups excluding carboxylic acids is 3. The van der Waals surface area contributed by atoms with Crippen LogP contribution in [0.3, 0.4) is 0 Å². The van der Waals surface area contributed by atoms with Crippen LogP contribution in [0.2, 0.25) is 0 Å². The van der Waals surface area contributed by atoms with Crippen molar-refractivity contribution in [2.45, 2.75) is 45.4 Å². The highest BCUT2D eigenvalue weighted by atomic mass is 32.2. The maximum atomic E-state index is 12.8. The minimum absolute atomic E-state index is 0.0561. The van der Waals surface area contributed by atoms with E-state index >= 15 is 0 Å². The Morgan fingerprint density at radius 1 is 1.27 bits per heavy atom. The van der Waals surface area contributed by atoms with Gasteiger partial charge in [0.1, 0.15) is 6.61 Å². The average molecular weight is 437 g/mol. The summed E-state index contributed by atoms with van der Waals surface area (Å²) in [5, 5.41) is 11.6. The average Bonchev–Trinajstić information content (AvgIpc) is 3.07. The zero-order chi connectivity index (χ0) is 22.1. The van der Waals surface area contributed by atoms with E-state index in [0.717, 1.165) is 10.5 Å². The highest BCUT2D eigenvalue weighted by molar-refractivity contribution is 7.99. The molecule has 2 amide bonds. The molecule has 1 heterocycles. The number of carboxylic acids is 1. The third kappa shape index (κ3) is 7.37. The number of nitrogens with one attached hydrogen (secondary N) is 1. The van der Waals surface area contributed by atoms with Crippen LogP contribution in [0, 0.1) is 5.92 Å². The topological polar surface area (TPSA) is 113 Å². The lowest BCUT2D eigenvalue weighted by molar-refractivity contribution is -0.134. The van der Waals surface area contributed by atoms with Gasteiger partial charge in [-0.15, -0.1) is 11.8 Å². The van der Waals surface area contributed by atoms with Crippen LogP contribution in [-0.4, -0.2) is 63.9 Å². The molecule has 1 aliphatic heterocycles. The number of Topliss-reactive ketones (excluding diaryl/α,β-unsaturated/α-hetero) is 1. The molecular formula is C21H28N2O6S. The number of likely N-dealkylation sites (tertiary alicyclic amines) is 1. The fourth-order valence-electron chi connectivity index (χ4n) is 3.26. The molecule has 30 heavy (non-hydrogen) atoms. The van der Waals surface area contributed by atoms with Crippen LogP contribution < -0.4 is 5.32 Å². The number of carbonyl (C=O) groups is 4. The molecule has 0 aromatic heterocycles. The second kappa shape index (κ2) is 11.6. The number of hydrogen-bond acceptors (Lipinski definition) is 6. The lowest BCUT2D eigenvalue weighted by atomic mass is 10.0. The van der Waals surface area contributed by atoms with Crippen LogP contribution in [0.15, 0.2) is 30.3 Å². The number of ketones is 1. The second-order valence-corrected chi connectivity index (χ2v) is 8.63. The number of amides is 2. The second-order valence-electron chi connectivity index (χ2n) is 7.60. The number of hydrogen-bond donors (Lipinski definition) is 2. The van der Waals surface area contributed by atoms with Crippen molar-refractivity contribution in [3.05, 3.63) is 35.9 Å². The zero-order valence-corrected chi connectivity index (χ0v) is 18.0. The largest absolute Gasteiger partial charge is 0.481 e. The number of rotatable bonds is 10. The SMILES string of the molecule is CC(C)CC(CSCC(=O)O)NC(=O)C1C(=O)CCN1C(=O)OCc1ccccc1. The van der Waals surface area contributed by atoms with E-state index in [1.165, 1.54) is 11.8 Å². The molecule has 0 saturated carbocycles. The number of aliphatic carboxylic acids is 1. The summed E-state index contributed by atoms with van der Waals surface area (Å²) < 4.78 is 5.29. The lowest BCUT2D eigenvalue weighted by Crippen LogP contribution is -2.52. The van der Waals surface area contributed by atoms with Crippen LogP contribution in [0.1, 0.15) is 32.3 Å². The molecule has 0 radical (unpaired) electrons. The molecule has 1 aromatic carbocycles. The summed E-state index contributed by atoms with van der Waals surface area (Å²) in [6.45, 7) is 4.18. The molecule has 0 bridgehead atoms. The fraction of sp³-hybridized carbons (Fsp3) is 0.524. The monoisotopic (exact) mass is 436 g/mol. The highest BCUT2D eigenvalue weighted by Crippen LogP contribution is 2.18. The lowest BCUT2D eigenvalue weighted by Gasteiger charge is -2.26. The van der Waals surface area contributed by atoms with Gasteiger partial charge in [0.05, 0.1) is 5.75 Å². The zero-order valence-electron chi connectivity index (χ0n) is 17.2. The van der Waals surface area contributed by atoms with E-state index in [9.17, 15) is 19.2 Å². The van der Waals surface area contributed by atoms with E-state index in [0.29, 0.717) is 12.2 Å². The van der Waals surface area contributed by atoms with Gasteiger partial charge in [0.25, 0.3) is 5.91 Å². The fourth-order valence-corrected chi connectivity index (χ4v) is 4.06. The summed E-state index contributed by atoms with van der Waals surface area (Å²) >= 11 is 1.21. The van der Waals surface area contributed by atoms with Crippen molar-refractivity contribution in [2.24, 2.45) is 5.92 Å². The van der Waals surface area contributed by atoms with Gasteiger partial charge < -0.3 is 15.2 Å². The Labute approximate surface area is 180 Å². The molecule has 1 aliphatic rings. The minimum Gasteiger partial charge on any atom is -0.481 e. The first-order valence-electron chi connectivity index (χ1n) is 9.88. The van der Waals surface area contributed by atoms with Gasteiger partial charge in [-0.25, -0.2) is 4.79 Å². The first-order valence-corrected chi connectivity index (χ1v) is 11.0. The van der Waals surface area contributed by atoms with Crippen molar-refractivity contribution in [3.8, 4) is 0 Å². The molecular weight excluding hydrogens is 408 g/mol. The summed E-state index contributed by atoms with van der Waals surface area (Å²) in [5.41, 5.74) is 0.810. The molecule has 1 aromatic rings. The first-order chi connectivity index (χ1) is 14.3. The van der Waals surface area contributed by atoms with Crippen molar-refractivity contribution in [3.63, 3.8) is 0 Å². The number of nitrogens with zero attached hydrogens (tertiary/aromatic N) is 1. The van der Waals surface area contributed by atoms with E-state index < -0.39 is 24.0 Å². The highest BCUT2D eigenvalue weighted by Gasteiger charge is 2.42. The molecule has 2 unspecified atom stereocenters. The third-order valence-electron chi connectivity index (χ3n) is 4.55. The summed E-state index contributed by atoms with van der Waals surface area (Å²) in [4.78, 5) is 49.5. The summed E-state index contributed by atoms with van der Waals surface area (Å²) in [5.74, 6) is -1.18. The first kappa shape index (κ1) is 23.7. The summed E-state index contributed by atoms with van der Waals surface area (Å²) in [7, 11) is 0. The van der Waals surface area contributed by atoms with E-state index in [4.69, 9.17) is 9.84 Å².